The zero-order valence-corrected chi connectivity index (χ0v) is 22.8. The second-order valence-corrected chi connectivity index (χ2v) is 9.74. The lowest BCUT2D eigenvalue weighted by Gasteiger charge is -2.34. The molecule has 1 aliphatic heterocycles. The highest BCUT2D eigenvalue weighted by atomic mass is 32.1. The summed E-state index contributed by atoms with van der Waals surface area (Å²) in [6.45, 7) is 1.84. The molecule has 0 atom stereocenters. The van der Waals surface area contributed by atoms with Gasteiger partial charge in [-0.25, -0.2) is 23.5 Å². The quantitative estimate of drug-likeness (QED) is 0.364. The van der Waals surface area contributed by atoms with Crippen molar-refractivity contribution in [2.24, 2.45) is 0 Å². The van der Waals surface area contributed by atoms with Crippen LogP contribution in [0.15, 0.2) is 54.9 Å². The molecular formula is C27H29F2N7O3S. The fraction of sp³-hybridized carbons (Fsp3) is 0.296. The van der Waals surface area contributed by atoms with Crippen molar-refractivity contribution in [1.29, 1.82) is 0 Å². The van der Waals surface area contributed by atoms with Crippen LogP contribution in [0.1, 0.15) is 18.4 Å². The molecule has 2 heterocycles. The number of thiocarbonyl (C=S) groups is 1. The minimum Gasteiger partial charge on any atom is -0.436 e. The number of nitrogens with zero attached hydrogens (tertiary/aromatic N) is 4. The number of piperidine rings is 1. The van der Waals surface area contributed by atoms with Gasteiger partial charge in [-0.15, -0.1) is 0 Å². The molecular weight excluding hydrogens is 540 g/mol. The summed E-state index contributed by atoms with van der Waals surface area (Å²) in [6.07, 6.45) is 2.77. The summed E-state index contributed by atoms with van der Waals surface area (Å²) in [7, 11) is 3.80. The van der Waals surface area contributed by atoms with E-state index in [2.05, 4.69) is 37.9 Å². The van der Waals surface area contributed by atoms with E-state index < -0.39 is 17.5 Å². The van der Waals surface area contributed by atoms with Crippen LogP contribution in [0.2, 0.25) is 0 Å². The standard InChI is InChI=1S/C27H29F2N7O3S/c1-35-11-9-19(10-12-35)36(2)27(38)33-23-15-25(31-16-30-23)39-22-8-7-18(14-21(22)29)32-26(40)34-24(37)13-17-5-3-4-6-20(17)28/h3-8,14-16,19H,9-13H2,1-2H3,(H,30,31,33,38)(H2,32,34,37,40). The van der Waals surface area contributed by atoms with Crippen LogP contribution in [0, 0.1) is 11.6 Å². The summed E-state index contributed by atoms with van der Waals surface area (Å²) < 4.78 is 34.1. The van der Waals surface area contributed by atoms with Gasteiger partial charge in [-0.3, -0.25) is 10.1 Å². The summed E-state index contributed by atoms with van der Waals surface area (Å²) >= 11 is 5.11. The van der Waals surface area contributed by atoms with E-state index >= 15 is 0 Å². The van der Waals surface area contributed by atoms with Crippen molar-refractivity contribution < 1.29 is 23.1 Å². The number of hydrogen-bond donors (Lipinski definition) is 3. The van der Waals surface area contributed by atoms with E-state index in [1.54, 1.807) is 18.0 Å². The van der Waals surface area contributed by atoms with Crippen LogP contribution in [0.4, 0.5) is 25.1 Å². The van der Waals surface area contributed by atoms with Crippen LogP contribution in [0.5, 0.6) is 11.6 Å². The monoisotopic (exact) mass is 569 g/mol. The molecule has 1 aliphatic rings. The first-order valence-corrected chi connectivity index (χ1v) is 12.9. The number of hydrogen-bond acceptors (Lipinski definition) is 7. The Hall–Kier alpha value is -4.23. The van der Waals surface area contributed by atoms with Gasteiger partial charge in [0.2, 0.25) is 11.8 Å². The number of amides is 3. The smallest absolute Gasteiger partial charge is 0.323 e. The van der Waals surface area contributed by atoms with Crippen molar-refractivity contribution in [3.63, 3.8) is 0 Å². The van der Waals surface area contributed by atoms with Crippen LogP contribution in [0.25, 0.3) is 0 Å². The second kappa shape index (κ2) is 13.2. The van der Waals surface area contributed by atoms with E-state index in [4.69, 9.17) is 17.0 Å². The molecule has 1 aromatic heterocycles. The second-order valence-electron chi connectivity index (χ2n) is 9.33. The molecule has 3 amide bonds. The molecule has 2 aromatic carbocycles. The summed E-state index contributed by atoms with van der Waals surface area (Å²) in [4.78, 5) is 36.8. The lowest BCUT2D eigenvalue weighted by molar-refractivity contribution is -0.119. The number of urea groups is 1. The summed E-state index contributed by atoms with van der Waals surface area (Å²) in [6, 6.07) is 11.1. The number of carbonyl (C=O) groups is 2. The van der Waals surface area contributed by atoms with Crippen LogP contribution in [-0.4, -0.2) is 70.0 Å². The SMILES string of the molecule is CN1CCC(N(C)C(=O)Nc2cc(Oc3ccc(NC(=S)NC(=O)Cc4ccccc4F)cc3F)ncn2)CC1. The zero-order chi connectivity index (χ0) is 28.6. The molecule has 0 saturated carbocycles. The van der Waals surface area contributed by atoms with E-state index in [0.717, 1.165) is 32.0 Å². The summed E-state index contributed by atoms with van der Waals surface area (Å²) in [5.41, 5.74) is 0.487. The molecule has 1 fully saturated rings. The number of ether oxygens (including phenoxy) is 1. The minimum absolute atomic E-state index is 0.0304. The molecule has 40 heavy (non-hydrogen) atoms. The van der Waals surface area contributed by atoms with Crippen molar-refractivity contribution in [2.45, 2.75) is 25.3 Å². The molecule has 13 heteroatoms. The number of nitrogens with one attached hydrogen (secondary N) is 3. The highest BCUT2D eigenvalue weighted by Gasteiger charge is 2.24. The van der Waals surface area contributed by atoms with Gasteiger partial charge < -0.3 is 25.2 Å². The van der Waals surface area contributed by atoms with Crippen molar-refractivity contribution >= 4 is 40.8 Å². The van der Waals surface area contributed by atoms with Crippen molar-refractivity contribution in [2.75, 3.05) is 37.8 Å². The Labute approximate surface area is 235 Å². The Kier molecular flexibility index (Phi) is 9.51. The first kappa shape index (κ1) is 28.8. The molecule has 0 spiro atoms. The maximum absolute atomic E-state index is 14.8. The van der Waals surface area contributed by atoms with Gasteiger partial charge in [0.25, 0.3) is 0 Å². The Balaban J connectivity index is 1.31. The van der Waals surface area contributed by atoms with Crippen molar-refractivity contribution in [3.8, 4) is 11.6 Å². The number of carbonyl (C=O) groups excluding carboxylic acids is 2. The largest absolute Gasteiger partial charge is 0.436 e. The highest BCUT2D eigenvalue weighted by molar-refractivity contribution is 7.80. The van der Waals surface area contributed by atoms with Gasteiger partial charge in [-0.2, -0.15) is 0 Å². The Bertz CT molecular complexity index is 1390. The minimum atomic E-state index is -0.725. The number of likely N-dealkylation sites (tertiary alicyclic amines) is 1. The van der Waals surface area contributed by atoms with Crippen LogP contribution >= 0.6 is 12.2 Å². The van der Waals surface area contributed by atoms with Crippen molar-refractivity contribution in [1.82, 2.24) is 25.1 Å². The normalized spacial score (nSPS) is 13.8. The number of anilines is 2. The first-order chi connectivity index (χ1) is 19.2. The van der Waals surface area contributed by atoms with Gasteiger partial charge in [0.15, 0.2) is 16.7 Å². The van der Waals surface area contributed by atoms with Gasteiger partial charge >= 0.3 is 6.03 Å². The molecule has 3 N–H and O–H groups in total. The molecule has 210 valence electrons. The van der Waals surface area contributed by atoms with Gasteiger partial charge in [0, 0.05) is 30.9 Å². The lowest BCUT2D eigenvalue weighted by Crippen LogP contribution is -2.46. The molecule has 10 nitrogen and oxygen atoms in total. The molecule has 4 rings (SSSR count). The van der Waals surface area contributed by atoms with E-state index in [9.17, 15) is 18.4 Å². The molecule has 0 unspecified atom stereocenters. The van der Waals surface area contributed by atoms with Crippen molar-refractivity contribution in [3.05, 3.63) is 72.1 Å². The van der Waals surface area contributed by atoms with Crippen LogP contribution in [0.3, 0.4) is 0 Å². The maximum atomic E-state index is 14.8. The lowest BCUT2D eigenvalue weighted by atomic mass is 10.0. The predicted octanol–water partition coefficient (Wildman–Crippen LogP) is 4.16. The Morgan fingerprint density at radius 1 is 1.07 bits per heavy atom. The first-order valence-electron chi connectivity index (χ1n) is 12.5. The third-order valence-corrected chi connectivity index (χ3v) is 6.60. The molecule has 0 bridgehead atoms. The third kappa shape index (κ3) is 7.90. The van der Waals surface area contributed by atoms with Crippen LogP contribution in [-0.2, 0) is 11.2 Å². The fourth-order valence-electron chi connectivity index (χ4n) is 4.13. The predicted molar refractivity (Wildman–Crippen MR) is 150 cm³/mol. The third-order valence-electron chi connectivity index (χ3n) is 6.40. The number of halogens is 2. The molecule has 0 radical (unpaired) electrons. The topological polar surface area (TPSA) is 112 Å². The zero-order valence-electron chi connectivity index (χ0n) is 22.0. The summed E-state index contributed by atoms with van der Waals surface area (Å²) in [5.74, 6) is -1.62. The highest BCUT2D eigenvalue weighted by Crippen LogP contribution is 2.26. The number of aromatic nitrogens is 2. The molecule has 0 aliphatic carbocycles. The maximum Gasteiger partial charge on any atom is 0.323 e. The fourth-order valence-corrected chi connectivity index (χ4v) is 4.36. The van der Waals surface area contributed by atoms with Gasteiger partial charge in [0.1, 0.15) is 18.0 Å². The van der Waals surface area contributed by atoms with E-state index in [-0.39, 0.29) is 52.3 Å². The summed E-state index contributed by atoms with van der Waals surface area (Å²) in [5, 5.41) is 7.79. The Morgan fingerprint density at radius 3 is 2.55 bits per heavy atom. The average Bonchev–Trinajstić information content (AvgIpc) is 2.91. The average molecular weight is 570 g/mol. The van der Waals surface area contributed by atoms with Gasteiger partial charge in [0.05, 0.1) is 6.42 Å². The number of rotatable bonds is 7. The van der Waals surface area contributed by atoms with E-state index in [1.165, 1.54) is 42.7 Å². The van der Waals surface area contributed by atoms with Gasteiger partial charge in [-0.1, -0.05) is 18.2 Å². The molecule has 1 saturated heterocycles. The molecule has 3 aromatic rings. The van der Waals surface area contributed by atoms with E-state index in [1.807, 2.05) is 0 Å². The van der Waals surface area contributed by atoms with Crippen LogP contribution < -0.4 is 20.7 Å². The number of benzene rings is 2. The Morgan fingerprint density at radius 2 is 1.82 bits per heavy atom. The van der Waals surface area contributed by atoms with E-state index in [0.29, 0.717) is 0 Å². The van der Waals surface area contributed by atoms with Gasteiger partial charge in [-0.05, 0) is 69.0 Å².